The van der Waals surface area contributed by atoms with Gasteiger partial charge >= 0.3 is 0 Å². The van der Waals surface area contributed by atoms with Crippen molar-refractivity contribution in [2.75, 3.05) is 7.05 Å². The largest absolute Gasteiger partial charge is 0.341 e. The molecule has 0 atom stereocenters. The minimum absolute atomic E-state index is 0.122. The number of hydrogen-bond acceptors (Lipinski definition) is 2. The second-order valence-corrected chi connectivity index (χ2v) is 5.44. The number of hydrogen-bond donors (Lipinski definition) is 1. The third-order valence-electron chi connectivity index (χ3n) is 3.55. The Kier molecular flexibility index (Phi) is 5.12. The quantitative estimate of drug-likeness (QED) is 0.916. The second-order valence-electron chi connectivity index (χ2n) is 5.44. The van der Waals surface area contributed by atoms with Crippen LogP contribution in [-0.2, 0) is 24.3 Å². The molecule has 21 heavy (non-hydrogen) atoms. The van der Waals surface area contributed by atoms with Crippen LogP contribution in [0.25, 0.3) is 0 Å². The Labute approximate surface area is 126 Å². The van der Waals surface area contributed by atoms with Gasteiger partial charge < -0.3 is 10.6 Å². The van der Waals surface area contributed by atoms with Crippen LogP contribution >= 0.6 is 0 Å². The van der Waals surface area contributed by atoms with Gasteiger partial charge in [-0.15, -0.1) is 0 Å². The number of carbonyl (C=O) groups excluding carboxylic acids is 1. The summed E-state index contributed by atoms with van der Waals surface area (Å²) in [5.74, 6) is 0.122. The van der Waals surface area contributed by atoms with Gasteiger partial charge in [-0.2, -0.15) is 0 Å². The van der Waals surface area contributed by atoms with E-state index in [-0.39, 0.29) is 5.91 Å². The number of amides is 1. The lowest BCUT2D eigenvalue weighted by Gasteiger charge is -2.18. The van der Waals surface area contributed by atoms with E-state index in [0.717, 1.165) is 16.7 Å². The molecule has 0 spiro atoms. The van der Waals surface area contributed by atoms with Crippen LogP contribution in [0.4, 0.5) is 0 Å². The van der Waals surface area contributed by atoms with E-state index >= 15 is 0 Å². The summed E-state index contributed by atoms with van der Waals surface area (Å²) in [7, 11) is 1.84. The predicted molar refractivity (Wildman–Crippen MR) is 85.7 cm³/mol. The maximum absolute atomic E-state index is 12.3. The van der Waals surface area contributed by atoms with E-state index in [2.05, 4.69) is 6.07 Å². The first-order chi connectivity index (χ1) is 10.1. The first-order valence-corrected chi connectivity index (χ1v) is 7.16. The van der Waals surface area contributed by atoms with Gasteiger partial charge in [0.15, 0.2) is 0 Å². The van der Waals surface area contributed by atoms with Crippen molar-refractivity contribution in [1.82, 2.24) is 4.90 Å². The van der Waals surface area contributed by atoms with Crippen LogP contribution < -0.4 is 5.73 Å². The molecule has 0 aromatic heterocycles. The predicted octanol–water partition coefficient (Wildman–Crippen LogP) is 2.65. The fraction of sp³-hybridized carbons (Fsp3) is 0.278. The topological polar surface area (TPSA) is 46.3 Å². The summed E-state index contributed by atoms with van der Waals surface area (Å²) in [5, 5.41) is 0. The van der Waals surface area contributed by atoms with E-state index in [1.165, 1.54) is 5.56 Å². The average Bonchev–Trinajstić information content (AvgIpc) is 2.49. The van der Waals surface area contributed by atoms with Crippen molar-refractivity contribution in [3.05, 3.63) is 70.8 Å². The van der Waals surface area contributed by atoms with Crippen LogP contribution in [0, 0.1) is 6.92 Å². The number of rotatable bonds is 5. The summed E-state index contributed by atoms with van der Waals surface area (Å²) < 4.78 is 0. The Morgan fingerprint density at radius 1 is 1.05 bits per heavy atom. The molecule has 3 heteroatoms. The fourth-order valence-corrected chi connectivity index (χ4v) is 2.23. The molecule has 0 bridgehead atoms. The number of likely N-dealkylation sites (N-methyl/N-ethyl adjacent to an activating group) is 1. The smallest absolute Gasteiger partial charge is 0.227 e. The molecule has 110 valence electrons. The van der Waals surface area contributed by atoms with Crippen molar-refractivity contribution in [2.45, 2.75) is 26.4 Å². The normalized spacial score (nSPS) is 10.4. The summed E-state index contributed by atoms with van der Waals surface area (Å²) in [6, 6.07) is 16.1. The maximum Gasteiger partial charge on any atom is 0.227 e. The van der Waals surface area contributed by atoms with Gasteiger partial charge in [0.1, 0.15) is 0 Å². The van der Waals surface area contributed by atoms with E-state index in [9.17, 15) is 4.79 Å². The molecule has 3 nitrogen and oxygen atoms in total. The Morgan fingerprint density at radius 2 is 1.71 bits per heavy atom. The molecule has 0 aliphatic rings. The molecule has 0 unspecified atom stereocenters. The van der Waals surface area contributed by atoms with E-state index in [1.54, 1.807) is 4.90 Å². The molecule has 2 rings (SSSR count). The standard InChI is InChI=1S/C18H22N2O/c1-14-6-8-15(9-7-14)11-18(21)20(2)13-17-5-3-4-16(10-17)12-19/h3-10H,11-13,19H2,1-2H3. The number of benzene rings is 2. The van der Waals surface area contributed by atoms with Gasteiger partial charge in [-0.05, 0) is 23.6 Å². The van der Waals surface area contributed by atoms with Gasteiger partial charge in [0.25, 0.3) is 0 Å². The molecule has 0 radical (unpaired) electrons. The number of carbonyl (C=O) groups is 1. The van der Waals surface area contributed by atoms with Crippen LogP contribution in [0.1, 0.15) is 22.3 Å². The molecule has 0 fully saturated rings. The molecular formula is C18H22N2O. The van der Waals surface area contributed by atoms with Gasteiger partial charge in [-0.3, -0.25) is 4.79 Å². The molecular weight excluding hydrogens is 260 g/mol. The molecule has 1 amide bonds. The zero-order valence-electron chi connectivity index (χ0n) is 12.7. The van der Waals surface area contributed by atoms with Gasteiger partial charge in [0.2, 0.25) is 5.91 Å². The van der Waals surface area contributed by atoms with Gasteiger partial charge in [0.05, 0.1) is 6.42 Å². The van der Waals surface area contributed by atoms with E-state index in [1.807, 2.05) is 56.4 Å². The van der Waals surface area contributed by atoms with Crippen LogP contribution in [0.2, 0.25) is 0 Å². The zero-order valence-corrected chi connectivity index (χ0v) is 12.7. The van der Waals surface area contributed by atoms with Crippen molar-refractivity contribution in [3.63, 3.8) is 0 Å². The van der Waals surface area contributed by atoms with E-state index < -0.39 is 0 Å². The monoisotopic (exact) mass is 282 g/mol. The highest BCUT2D eigenvalue weighted by atomic mass is 16.2. The van der Waals surface area contributed by atoms with Gasteiger partial charge in [-0.1, -0.05) is 54.1 Å². The van der Waals surface area contributed by atoms with Crippen LogP contribution in [0.5, 0.6) is 0 Å². The highest BCUT2D eigenvalue weighted by molar-refractivity contribution is 5.78. The Morgan fingerprint density at radius 3 is 2.38 bits per heavy atom. The minimum Gasteiger partial charge on any atom is -0.341 e. The zero-order chi connectivity index (χ0) is 15.2. The number of nitrogens with two attached hydrogens (primary N) is 1. The number of aryl methyl sites for hydroxylation is 1. The summed E-state index contributed by atoms with van der Waals surface area (Å²) in [6.45, 7) is 3.18. The SMILES string of the molecule is Cc1ccc(CC(=O)N(C)Cc2cccc(CN)c2)cc1. The Bertz CT molecular complexity index is 605. The molecule has 0 aliphatic heterocycles. The first kappa shape index (κ1) is 15.3. The molecule has 2 aromatic carbocycles. The molecule has 0 saturated heterocycles. The van der Waals surface area contributed by atoms with E-state index in [4.69, 9.17) is 5.73 Å². The third-order valence-corrected chi connectivity index (χ3v) is 3.55. The maximum atomic E-state index is 12.3. The third kappa shape index (κ3) is 4.43. The summed E-state index contributed by atoms with van der Waals surface area (Å²) in [5.41, 5.74) is 10.1. The Balaban J connectivity index is 1.97. The van der Waals surface area contributed by atoms with Crippen molar-refractivity contribution < 1.29 is 4.79 Å². The molecule has 2 aromatic rings. The number of nitrogens with zero attached hydrogens (tertiary/aromatic N) is 1. The van der Waals surface area contributed by atoms with Crippen LogP contribution in [0.3, 0.4) is 0 Å². The lowest BCUT2D eigenvalue weighted by molar-refractivity contribution is -0.129. The lowest BCUT2D eigenvalue weighted by atomic mass is 10.1. The lowest BCUT2D eigenvalue weighted by Crippen LogP contribution is -2.27. The average molecular weight is 282 g/mol. The van der Waals surface area contributed by atoms with E-state index in [0.29, 0.717) is 19.5 Å². The van der Waals surface area contributed by atoms with Crippen molar-refractivity contribution in [3.8, 4) is 0 Å². The van der Waals surface area contributed by atoms with Crippen molar-refractivity contribution in [2.24, 2.45) is 5.73 Å². The fourth-order valence-electron chi connectivity index (χ4n) is 2.23. The highest BCUT2D eigenvalue weighted by Gasteiger charge is 2.10. The van der Waals surface area contributed by atoms with Crippen molar-refractivity contribution >= 4 is 5.91 Å². The van der Waals surface area contributed by atoms with Crippen LogP contribution in [0.15, 0.2) is 48.5 Å². The Hall–Kier alpha value is -2.13. The van der Waals surface area contributed by atoms with Gasteiger partial charge in [0, 0.05) is 20.1 Å². The summed E-state index contributed by atoms with van der Waals surface area (Å²) in [4.78, 5) is 14.0. The first-order valence-electron chi connectivity index (χ1n) is 7.16. The van der Waals surface area contributed by atoms with Crippen LogP contribution in [-0.4, -0.2) is 17.9 Å². The molecule has 0 aliphatic carbocycles. The highest BCUT2D eigenvalue weighted by Crippen LogP contribution is 2.10. The molecule has 0 saturated carbocycles. The summed E-state index contributed by atoms with van der Waals surface area (Å²) >= 11 is 0. The summed E-state index contributed by atoms with van der Waals surface area (Å²) in [6.07, 6.45) is 0.438. The molecule has 0 heterocycles. The van der Waals surface area contributed by atoms with Crippen molar-refractivity contribution in [1.29, 1.82) is 0 Å². The second kappa shape index (κ2) is 7.04. The minimum atomic E-state index is 0.122. The van der Waals surface area contributed by atoms with Gasteiger partial charge in [-0.25, -0.2) is 0 Å². The molecule has 2 N–H and O–H groups in total.